The minimum absolute atomic E-state index is 0.0174. The molecule has 1 unspecified atom stereocenters. The van der Waals surface area contributed by atoms with E-state index in [0.29, 0.717) is 41.5 Å². The predicted molar refractivity (Wildman–Crippen MR) is 130 cm³/mol. The lowest BCUT2D eigenvalue weighted by atomic mass is 9.95. The fourth-order valence-corrected chi connectivity index (χ4v) is 4.10. The number of carbonyl (C=O) groups excluding carboxylic acids is 2. The maximum absolute atomic E-state index is 13.2. The number of hydrogen-bond acceptors (Lipinski definition) is 7. The number of rotatable bonds is 9. The van der Waals surface area contributed by atoms with Crippen LogP contribution in [0.4, 0.5) is 0 Å². The molecule has 8 nitrogen and oxygen atoms in total. The summed E-state index contributed by atoms with van der Waals surface area (Å²) in [7, 11) is 6.79. The van der Waals surface area contributed by atoms with Gasteiger partial charge in [-0.05, 0) is 56.9 Å². The van der Waals surface area contributed by atoms with Crippen molar-refractivity contribution in [1.29, 1.82) is 0 Å². The summed E-state index contributed by atoms with van der Waals surface area (Å²) in [6.45, 7) is 3.09. The van der Waals surface area contributed by atoms with Gasteiger partial charge in [-0.2, -0.15) is 0 Å². The second-order valence-corrected chi connectivity index (χ2v) is 8.40. The molecule has 0 aromatic heterocycles. The Morgan fingerprint density at radius 1 is 1.06 bits per heavy atom. The molecule has 182 valence electrons. The molecule has 1 atom stereocenters. The Morgan fingerprint density at radius 2 is 1.74 bits per heavy atom. The van der Waals surface area contributed by atoms with Crippen molar-refractivity contribution in [2.24, 2.45) is 0 Å². The molecular weight excluding hydrogens is 460 g/mol. The summed E-state index contributed by atoms with van der Waals surface area (Å²) in [5, 5.41) is 11.5. The van der Waals surface area contributed by atoms with Crippen LogP contribution in [0.3, 0.4) is 0 Å². The van der Waals surface area contributed by atoms with E-state index in [1.807, 2.05) is 25.9 Å². The number of likely N-dealkylation sites (tertiary alicyclic amines) is 1. The van der Waals surface area contributed by atoms with E-state index in [9.17, 15) is 14.7 Å². The normalized spacial score (nSPS) is 17.4. The van der Waals surface area contributed by atoms with E-state index >= 15 is 0 Å². The lowest BCUT2D eigenvalue weighted by Gasteiger charge is -2.27. The number of nitrogens with zero attached hydrogens (tertiary/aromatic N) is 2. The first-order chi connectivity index (χ1) is 16.2. The number of ketones is 1. The topological polar surface area (TPSA) is 88.5 Å². The molecule has 1 fully saturated rings. The number of hydrogen-bond donors (Lipinski definition) is 1. The van der Waals surface area contributed by atoms with Gasteiger partial charge in [0.2, 0.25) is 0 Å². The Labute approximate surface area is 204 Å². The van der Waals surface area contributed by atoms with Gasteiger partial charge in [0.05, 0.1) is 37.5 Å². The molecule has 9 heteroatoms. The van der Waals surface area contributed by atoms with Gasteiger partial charge in [0.15, 0.2) is 11.5 Å². The number of carbonyl (C=O) groups is 2. The highest BCUT2D eigenvalue weighted by Gasteiger charge is 2.46. The van der Waals surface area contributed by atoms with Crippen LogP contribution in [0.2, 0.25) is 5.02 Å². The lowest BCUT2D eigenvalue weighted by molar-refractivity contribution is -0.140. The Hall–Kier alpha value is -3.23. The number of ether oxygens (including phenoxy) is 3. The first-order valence-electron chi connectivity index (χ1n) is 10.8. The highest BCUT2D eigenvalue weighted by molar-refractivity contribution is 6.46. The summed E-state index contributed by atoms with van der Waals surface area (Å²) in [5.74, 6) is -0.336. The summed E-state index contributed by atoms with van der Waals surface area (Å²) in [5.41, 5.74) is 0.898. The van der Waals surface area contributed by atoms with Gasteiger partial charge >= 0.3 is 0 Å². The van der Waals surface area contributed by atoms with Crippen LogP contribution >= 0.6 is 11.6 Å². The standard InChI is InChI=1S/C25H29ClN2O6/c1-6-34-18-9-8-16(13-17(18)26)23(29)21-22(15-7-10-19(32-4)20(14-15)33-5)28(12-11-27(2)3)25(31)24(21)30/h7-10,13-14,22,29H,6,11-12H2,1-5H3/b23-21+. The molecule has 1 aliphatic heterocycles. The van der Waals surface area contributed by atoms with Crippen LogP contribution in [-0.2, 0) is 9.59 Å². The summed E-state index contributed by atoms with van der Waals surface area (Å²) in [4.78, 5) is 29.6. The molecule has 3 rings (SSSR count). The van der Waals surface area contributed by atoms with Crippen molar-refractivity contribution in [3.05, 3.63) is 58.1 Å². The van der Waals surface area contributed by atoms with E-state index in [0.717, 1.165) is 0 Å². The number of aliphatic hydroxyl groups is 1. The summed E-state index contributed by atoms with van der Waals surface area (Å²) in [6, 6.07) is 9.08. The zero-order chi connectivity index (χ0) is 25.0. The van der Waals surface area contributed by atoms with Crippen LogP contribution in [0, 0.1) is 0 Å². The Balaban J connectivity index is 2.17. The summed E-state index contributed by atoms with van der Waals surface area (Å²) >= 11 is 6.31. The highest BCUT2D eigenvalue weighted by Crippen LogP contribution is 2.42. The summed E-state index contributed by atoms with van der Waals surface area (Å²) in [6.07, 6.45) is 0. The Bertz CT molecular complexity index is 1110. The Morgan fingerprint density at radius 3 is 2.32 bits per heavy atom. The zero-order valence-corrected chi connectivity index (χ0v) is 20.7. The van der Waals surface area contributed by atoms with Gasteiger partial charge in [0.1, 0.15) is 11.5 Å². The molecule has 2 aromatic carbocycles. The van der Waals surface area contributed by atoms with Crippen molar-refractivity contribution in [2.45, 2.75) is 13.0 Å². The number of methoxy groups -OCH3 is 2. The van der Waals surface area contributed by atoms with Crippen molar-refractivity contribution in [2.75, 3.05) is 48.0 Å². The number of likely N-dealkylation sites (N-methyl/N-ethyl adjacent to an activating group) is 1. The van der Waals surface area contributed by atoms with Gasteiger partial charge in [0, 0.05) is 18.7 Å². The molecule has 0 spiro atoms. The molecule has 1 heterocycles. The molecule has 1 N–H and O–H groups in total. The van der Waals surface area contributed by atoms with Gasteiger partial charge in [-0.3, -0.25) is 9.59 Å². The van der Waals surface area contributed by atoms with Crippen LogP contribution in [0.5, 0.6) is 17.2 Å². The minimum atomic E-state index is -0.815. The first-order valence-corrected chi connectivity index (χ1v) is 11.2. The molecule has 0 radical (unpaired) electrons. The summed E-state index contributed by atoms with van der Waals surface area (Å²) < 4.78 is 16.2. The monoisotopic (exact) mass is 488 g/mol. The number of benzene rings is 2. The van der Waals surface area contributed by atoms with E-state index < -0.39 is 17.7 Å². The number of aliphatic hydroxyl groups excluding tert-OH is 1. The van der Waals surface area contributed by atoms with Crippen molar-refractivity contribution in [1.82, 2.24) is 9.80 Å². The first kappa shape index (κ1) is 25.4. The molecule has 1 saturated heterocycles. The smallest absolute Gasteiger partial charge is 0.295 e. The van der Waals surface area contributed by atoms with E-state index in [1.54, 1.807) is 30.3 Å². The van der Waals surface area contributed by atoms with Crippen molar-refractivity contribution in [3.63, 3.8) is 0 Å². The molecule has 1 amide bonds. The van der Waals surface area contributed by atoms with Gasteiger partial charge in [0.25, 0.3) is 11.7 Å². The molecular formula is C25H29ClN2O6. The van der Waals surface area contributed by atoms with Gasteiger partial charge in [-0.25, -0.2) is 0 Å². The molecule has 34 heavy (non-hydrogen) atoms. The second kappa shape index (κ2) is 10.8. The molecule has 1 aliphatic rings. The van der Waals surface area contributed by atoms with E-state index in [-0.39, 0.29) is 22.9 Å². The zero-order valence-electron chi connectivity index (χ0n) is 19.9. The average molecular weight is 489 g/mol. The van der Waals surface area contributed by atoms with Gasteiger partial charge in [-0.15, -0.1) is 0 Å². The van der Waals surface area contributed by atoms with Crippen LogP contribution in [0.25, 0.3) is 5.76 Å². The third kappa shape index (κ3) is 4.98. The van der Waals surface area contributed by atoms with Crippen LogP contribution < -0.4 is 14.2 Å². The largest absolute Gasteiger partial charge is 0.507 e. The van der Waals surface area contributed by atoms with E-state index in [1.165, 1.54) is 25.2 Å². The van der Waals surface area contributed by atoms with Crippen LogP contribution in [0.15, 0.2) is 42.0 Å². The predicted octanol–water partition coefficient (Wildman–Crippen LogP) is 3.74. The lowest BCUT2D eigenvalue weighted by Crippen LogP contribution is -2.35. The maximum atomic E-state index is 13.2. The van der Waals surface area contributed by atoms with E-state index in [4.69, 9.17) is 25.8 Å². The minimum Gasteiger partial charge on any atom is -0.507 e. The maximum Gasteiger partial charge on any atom is 0.295 e. The van der Waals surface area contributed by atoms with E-state index in [2.05, 4.69) is 0 Å². The molecule has 0 bridgehead atoms. The quantitative estimate of drug-likeness (QED) is 0.327. The number of halogens is 1. The number of Topliss-reactive ketones (excluding diaryl/α,β-unsaturated/α-hetero) is 1. The second-order valence-electron chi connectivity index (χ2n) is 7.99. The Kier molecular flexibility index (Phi) is 8.06. The van der Waals surface area contributed by atoms with Crippen molar-refractivity contribution in [3.8, 4) is 17.2 Å². The highest BCUT2D eigenvalue weighted by atomic mass is 35.5. The molecule has 0 aliphatic carbocycles. The SMILES string of the molecule is CCOc1ccc(/C(O)=C2\C(=O)C(=O)N(CCN(C)C)C2c2ccc(OC)c(OC)c2)cc1Cl. The fourth-order valence-electron chi connectivity index (χ4n) is 3.86. The van der Waals surface area contributed by atoms with Crippen LogP contribution in [0.1, 0.15) is 24.1 Å². The van der Waals surface area contributed by atoms with Gasteiger partial charge in [-0.1, -0.05) is 17.7 Å². The molecule has 2 aromatic rings. The van der Waals surface area contributed by atoms with Crippen LogP contribution in [-0.4, -0.2) is 74.6 Å². The average Bonchev–Trinajstić information content (AvgIpc) is 3.07. The third-order valence-electron chi connectivity index (χ3n) is 5.56. The molecule has 0 saturated carbocycles. The van der Waals surface area contributed by atoms with Gasteiger partial charge < -0.3 is 29.1 Å². The van der Waals surface area contributed by atoms with Crippen molar-refractivity contribution >= 4 is 29.1 Å². The third-order valence-corrected chi connectivity index (χ3v) is 5.85. The van der Waals surface area contributed by atoms with Crippen molar-refractivity contribution < 1.29 is 28.9 Å². The number of amides is 1. The fraction of sp³-hybridized carbons (Fsp3) is 0.360.